The first-order chi connectivity index (χ1) is 19.2. The maximum absolute atomic E-state index is 13.7. The summed E-state index contributed by atoms with van der Waals surface area (Å²) in [6, 6.07) is 11.1. The van der Waals surface area contributed by atoms with Crippen molar-refractivity contribution >= 4 is 28.1 Å². The SMILES string of the molecule is CN1CCN(Cc2cc(C(=O)Nc3ccc4ccn(Cc5cnc6cnccn56)c4c3)cc(C(F)(F)F)c2)CC1. The number of amides is 1. The van der Waals surface area contributed by atoms with Crippen molar-refractivity contribution in [3.63, 3.8) is 0 Å². The summed E-state index contributed by atoms with van der Waals surface area (Å²) in [5.41, 5.74) is 2.71. The molecule has 0 atom stereocenters. The summed E-state index contributed by atoms with van der Waals surface area (Å²) in [7, 11) is 2.02. The van der Waals surface area contributed by atoms with E-state index < -0.39 is 17.6 Å². The van der Waals surface area contributed by atoms with Gasteiger partial charge in [-0.1, -0.05) is 6.07 Å². The Kier molecular flexibility index (Phi) is 6.77. The Labute approximate surface area is 228 Å². The predicted octanol–water partition coefficient (Wildman–Crippen LogP) is 4.75. The molecular formula is C29H28F3N7O. The molecule has 1 N–H and O–H groups in total. The Morgan fingerprint density at radius 2 is 1.80 bits per heavy atom. The van der Waals surface area contributed by atoms with Crippen LogP contribution in [-0.2, 0) is 19.3 Å². The fourth-order valence-corrected chi connectivity index (χ4v) is 5.13. The summed E-state index contributed by atoms with van der Waals surface area (Å²) in [4.78, 5) is 26.0. The molecule has 1 fully saturated rings. The molecule has 2 aromatic carbocycles. The highest BCUT2D eigenvalue weighted by Gasteiger charge is 2.32. The molecule has 4 heterocycles. The lowest BCUT2D eigenvalue weighted by Crippen LogP contribution is -2.43. The number of hydrogen-bond donors (Lipinski definition) is 1. The van der Waals surface area contributed by atoms with Crippen LogP contribution >= 0.6 is 0 Å². The van der Waals surface area contributed by atoms with E-state index in [-0.39, 0.29) is 5.56 Å². The van der Waals surface area contributed by atoms with Gasteiger partial charge in [-0.3, -0.25) is 19.1 Å². The molecule has 1 saturated heterocycles. The molecule has 0 saturated carbocycles. The molecule has 8 nitrogen and oxygen atoms in total. The van der Waals surface area contributed by atoms with E-state index in [1.807, 2.05) is 46.6 Å². The van der Waals surface area contributed by atoms with Crippen LogP contribution in [0.4, 0.5) is 18.9 Å². The lowest BCUT2D eigenvalue weighted by molar-refractivity contribution is -0.137. The van der Waals surface area contributed by atoms with Crippen LogP contribution in [0.1, 0.15) is 27.2 Å². The average Bonchev–Trinajstić information content (AvgIpc) is 3.53. The molecule has 1 aliphatic heterocycles. The van der Waals surface area contributed by atoms with Gasteiger partial charge in [0.1, 0.15) is 0 Å². The number of carbonyl (C=O) groups excluding carboxylic acids is 1. The number of carbonyl (C=O) groups is 1. The van der Waals surface area contributed by atoms with Gasteiger partial charge in [-0.15, -0.1) is 0 Å². The van der Waals surface area contributed by atoms with E-state index in [0.717, 1.165) is 60.6 Å². The minimum Gasteiger partial charge on any atom is -0.341 e. The number of nitrogens with one attached hydrogen (secondary N) is 1. The van der Waals surface area contributed by atoms with Gasteiger partial charge >= 0.3 is 6.18 Å². The van der Waals surface area contributed by atoms with Crippen molar-refractivity contribution in [2.75, 3.05) is 38.5 Å². The van der Waals surface area contributed by atoms with Gasteiger partial charge in [0.15, 0.2) is 5.65 Å². The Morgan fingerprint density at radius 1 is 0.975 bits per heavy atom. The zero-order chi connectivity index (χ0) is 27.9. The first-order valence-electron chi connectivity index (χ1n) is 13.0. The number of halogens is 3. The number of hydrogen-bond acceptors (Lipinski definition) is 5. The maximum atomic E-state index is 13.7. The van der Waals surface area contributed by atoms with E-state index in [1.165, 1.54) is 0 Å². The van der Waals surface area contributed by atoms with E-state index in [1.54, 1.807) is 30.7 Å². The van der Waals surface area contributed by atoms with E-state index in [2.05, 4.69) is 25.1 Å². The zero-order valence-electron chi connectivity index (χ0n) is 21.9. The molecule has 0 spiro atoms. The molecule has 5 aromatic rings. The summed E-state index contributed by atoms with van der Waals surface area (Å²) >= 11 is 0. The van der Waals surface area contributed by atoms with Crippen molar-refractivity contribution in [3.05, 3.63) is 95.8 Å². The smallest absolute Gasteiger partial charge is 0.341 e. The Balaban J connectivity index is 1.25. The number of rotatable bonds is 6. The van der Waals surface area contributed by atoms with Crippen LogP contribution in [0.15, 0.2) is 73.4 Å². The van der Waals surface area contributed by atoms with Crippen LogP contribution < -0.4 is 5.32 Å². The van der Waals surface area contributed by atoms with E-state index in [0.29, 0.717) is 24.3 Å². The van der Waals surface area contributed by atoms with Crippen molar-refractivity contribution in [1.82, 2.24) is 28.7 Å². The number of fused-ring (bicyclic) bond motifs is 2. The molecular weight excluding hydrogens is 519 g/mol. The van der Waals surface area contributed by atoms with Crippen molar-refractivity contribution in [2.24, 2.45) is 0 Å². The summed E-state index contributed by atoms with van der Waals surface area (Å²) in [6.07, 6.45) is 4.43. The van der Waals surface area contributed by atoms with Crippen LogP contribution in [0.2, 0.25) is 0 Å². The first kappa shape index (κ1) is 26.0. The molecule has 1 aliphatic rings. The number of imidazole rings is 1. The van der Waals surface area contributed by atoms with E-state index in [4.69, 9.17) is 0 Å². The van der Waals surface area contributed by atoms with Crippen molar-refractivity contribution < 1.29 is 18.0 Å². The number of alkyl halides is 3. The summed E-state index contributed by atoms with van der Waals surface area (Å²) in [6.45, 7) is 4.13. The molecule has 0 unspecified atom stereocenters. The van der Waals surface area contributed by atoms with Crippen LogP contribution in [0, 0.1) is 0 Å². The third kappa shape index (κ3) is 5.43. The summed E-state index contributed by atoms with van der Waals surface area (Å²) in [5.74, 6) is -0.586. The van der Waals surface area contributed by atoms with Gasteiger partial charge in [0, 0.05) is 62.6 Å². The molecule has 1 amide bonds. The van der Waals surface area contributed by atoms with Gasteiger partial charge in [-0.25, -0.2) is 4.98 Å². The average molecular weight is 548 g/mol. The van der Waals surface area contributed by atoms with Gasteiger partial charge in [-0.05, 0) is 54.4 Å². The number of benzene rings is 2. The number of nitrogens with zero attached hydrogens (tertiary/aromatic N) is 6. The molecule has 6 rings (SSSR count). The van der Waals surface area contributed by atoms with Crippen LogP contribution in [0.3, 0.4) is 0 Å². The minimum atomic E-state index is -4.55. The topological polar surface area (TPSA) is 70.7 Å². The third-order valence-electron chi connectivity index (χ3n) is 7.34. The second kappa shape index (κ2) is 10.4. The fourth-order valence-electron chi connectivity index (χ4n) is 5.13. The monoisotopic (exact) mass is 547 g/mol. The highest BCUT2D eigenvalue weighted by atomic mass is 19.4. The third-order valence-corrected chi connectivity index (χ3v) is 7.34. The van der Waals surface area contributed by atoms with Crippen LogP contribution in [0.25, 0.3) is 16.6 Å². The molecule has 11 heteroatoms. The maximum Gasteiger partial charge on any atom is 0.416 e. The van der Waals surface area contributed by atoms with Crippen molar-refractivity contribution in [2.45, 2.75) is 19.3 Å². The quantitative estimate of drug-likeness (QED) is 0.332. The largest absolute Gasteiger partial charge is 0.416 e. The van der Waals surface area contributed by atoms with Gasteiger partial charge in [0.2, 0.25) is 0 Å². The van der Waals surface area contributed by atoms with Gasteiger partial charge in [-0.2, -0.15) is 13.2 Å². The number of piperazine rings is 1. The second-order valence-corrected chi connectivity index (χ2v) is 10.2. The second-order valence-electron chi connectivity index (χ2n) is 10.2. The van der Waals surface area contributed by atoms with Gasteiger partial charge in [0.25, 0.3) is 5.91 Å². The number of anilines is 1. The van der Waals surface area contributed by atoms with Gasteiger partial charge < -0.3 is 14.8 Å². The minimum absolute atomic E-state index is 0.0197. The summed E-state index contributed by atoms with van der Waals surface area (Å²) < 4.78 is 45.2. The number of likely N-dealkylation sites (N-methyl/N-ethyl adjacent to an activating group) is 1. The van der Waals surface area contributed by atoms with Crippen LogP contribution in [0.5, 0.6) is 0 Å². The van der Waals surface area contributed by atoms with E-state index in [9.17, 15) is 18.0 Å². The first-order valence-corrected chi connectivity index (χ1v) is 13.0. The standard InChI is InChI=1S/C29H28F3N7O/c1-36-8-10-37(11-9-36)18-20-12-22(14-23(13-20)29(30,31)32)28(40)35-24-3-2-21-4-6-38(26(21)15-24)19-25-16-34-27-17-33-5-7-39(25)27/h2-7,12-17H,8-11,18-19H2,1H3,(H,35,40). The highest BCUT2D eigenvalue weighted by Crippen LogP contribution is 2.31. The molecule has 40 heavy (non-hydrogen) atoms. The molecule has 0 bridgehead atoms. The molecule has 0 radical (unpaired) electrons. The fraction of sp³-hybridized carbons (Fsp3) is 0.276. The lowest BCUT2D eigenvalue weighted by atomic mass is 10.0. The van der Waals surface area contributed by atoms with Gasteiger partial charge in [0.05, 0.1) is 35.7 Å². The summed E-state index contributed by atoms with van der Waals surface area (Å²) in [5, 5.41) is 3.78. The lowest BCUT2D eigenvalue weighted by Gasteiger charge is -2.32. The van der Waals surface area contributed by atoms with Crippen LogP contribution in [-0.4, -0.2) is 67.9 Å². The van der Waals surface area contributed by atoms with Crippen molar-refractivity contribution in [1.29, 1.82) is 0 Å². The zero-order valence-corrected chi connectivity index (χ0v) is 21.9. The van der Waals surface area contributed by atoms with Crippen molar-refractivity contribution in [3.8, 4) is 0 Å². The highest BCUT2D eigenvalue weighted by molar-refractivity contribution is 6.05. The Bertz CT molecular complexity index is 1680. The Hall–Kier alpha value is -4.22. The number of aromatic nitrogens is 4. The molecule has 206 valence electrons. The normalized spacial score (nSPS) is 15.2. The Morgan fingerprint density at radius 3 is 2.60 bits per heavy atom. The van der Waals surface area contributed by atoms with E-state index >= 15 is 0 Å². The molecule has 0 aliphatic carbocycles. The predicted molar refractivity (Wildman–Crippen MR) is 146 cm³/mol. The molecule has 3 aromatic heterocycles.